The predicted octanol–water partition coefficient (Wildman–Crippen LogP) is 6.75. The molecule has 5 rings (SSSR count). The van der Waals surface area contributed by atoms with Crippen molar-refractivity contribution in [3.05, 3.63) is 93.6 Å². The van der Waals surface area contributed by atoms with Gasteiger partial charge in [-0.25, -0.2) is 4.79 Å². The van der Waals surface area contributed by atoms with Gasteiger partial charge in [-0.15, -0.1) is 0 Å². The molecule has 3 aromatic carbocycles. The second-order valence-corrected chi connectivity index (χ2v) is 11.0. The number of hydrogen-bond donors (Lipinski definition) is 2. The van der Waals surface area contributed by atoms with Crippen molar-refractivity contribution in [1.29, 1.82) is 0 Å². The highest BCUT2D eigenvalue weighted by Crippen LogP contribution is 2.40. The first-order chi connectivity index (χ1) is 21.2. The smallest absolute Gasteiger partial charge is 0.416 e. The number of carbonyl (C=O) groups is 3. The van der Waals surface area contributed by atoms with E-state index in [4.69, 9.17) is 42.2 Å². The molecule has 0 spiro atoms. The van der Waals surface area contributed by atoms with Crippen molar-refractivity contribution < 1.29 is 28.6 Å². The number of benzene rings is 3. The summed E-state index contributed by atoms with van der Waals surface area (Å²) in [6.45, 7) is 4.24. The molecule has 0 aliphatic carbocycles. The second kappa shape index (κ2) is 15.6. The van der Waals surface area contributed by atoms with Crippen LogP contribution in [0.1, 0.15) is 43.1 Å². The Kier molecular flexibility index (Phi) is 11.7. The molecular weight excluding hydrogens is 605 g/mol. The fourth-order valence-electron chi connectivity index (χ4n) is 5.08. The van der Waals surface area contributed by atoms with Crippen molar-refractivity contribution in [3.8, 4) is 11.5 Å². The predicted molar refractivity (Wildman–Crippen MR) is 171 cm³/mol. The third-order valence-corrected chi connectivity index (χ3v) is 7.65. The molecule has 2 N–H and O–H groups in total. The average molecular weight is 641 g/mol. The van der Waals surface area contributed by atoms with Crippen LogP contribution in [-0.4, -0.2) is 61.1 Å². The number of amides is 2. The number of rotatable bonds is 9. The number of nitrogens with one attached hydrogen (secondary N) is 2. The van der Waals surface area contributed by atoms with Crippen molar-refractivity contribution in [2.24, 2.45) is 0 Å². The van der Waals surface area contributed by atoms with Crippen molar-refractivity contribution in [2.75, 3.05) is 26.8 Å². The Morgan fingerprint density at radius 2 is 1.70 bits per heavy atom. The molecule has 2 heterocycles. The van der Waals surface area contributed by atoms with Crippen molar-refractivity contribution in [1.82, 2.24) is 15.2 Å². The summed E-state index contributed by atoms with van der Waals surface area (Å²) >= 11 is 12.3. The molecule has 2 amide bonds. The molecule has 0 radical (unpaired) electrons. The van der Waals surface area contributed by atoms with Crippen LogP contribution < -0.4 is 14.8 Å². The number of carbonyl (C=O) groups excluding carboxylic acids is 3. The number of aromatic amines is 1. The molecule has 9 nitrogen and oxygen atoms in total. The zero-order chi connectivity index (χ0) is 31.6. The number of aldehydes is 1. The molecule has 11 heteroatoms. The summed E-state index contributed by atoms with van der Waals surface area (Å²) in [6, 6.07) is 19.8. The fraction of sp³-hybridized carbons (Fsp3) is 0.303. The largest absolute Gasteiger partial charge is 0.493 e. The number of hydrogen-bond acceptors (Lipinski definition) is 6. The van der Waals surface area contributed by atoms with E-state index in [1.165, 1.54) is 13.8 Å². The number of nitrogens with zero attached hydrogens (tertiary/aromatic N) is 1. The molecule has 4 aromatic rings. The summed E-state index contributed by atoms with van der Waals surface area (Å²) in [5.74, 6) is 1.01. The van der Waals surface area contributed by atoms with Gasteiger partial charge in [0.15, 0.2) is 0 Å². The van der Waals surface area contributed by atoms with Crippen LogP contribution in [-0.2, 0) is 20.7 Å². The summed E-state index contributed by atoms with van der Waals surface area (Å²) in [5.41, 5.74) is 3.93. The van der Waals surface area contributed by atoms with Gasteiger partial charge in [-0.3, -0.25) is 9.69 Å². The van der Waals surface area contributed by atoms with Crippen LogP contribution >= 0.6 is 23.2 Å². The van der Waals surface area contributed by atoms with Gasteiger partial charge in [-0.1, -0.05) is 35.3 Å². The number of ether oxygens (including phenoxy) is 3. The van der Waals surface area contributed by atoms with E-state index in [0.29, 0.717) is 54.1 Å². The number of H-pyrrole nitrogens is 1. The van der Waals surface area contributed by atoms with Gasteiger partial charge < -0.3 is 29.3 Å². The van der Waals surface area contributed by atoms with Crippen LogP contribution in [0.5, 0.6) is 11.5 Å². The minimum absolute atomic E-state index is 0.0985. The minimum atomic E-state index is -0.454. The molecule has 232 valence electrons. The molecule has 2 atom stereocenters. The van der Waals surface area contributed by atoms with E-state index in [1.807, 2.05) is 42.5 Å². The normalized spacial score (nSPS) is 14.6. The monoisotopic (exact) mass is 639 g/mol. The van der Waals surface area contributed by atoms with E-state index >= 15 is 0 Å². The van der Waals surface area contributed by atoms with Gasteiger partial charge >= 0.3 is 6.09 Å². The van der Waals surface area contributed by atoms with Crippen molar-refractivity contribution >= 4 is 52.4 Å². The zero-order valence-corrected chi connectivity index (χ0v) is 26.3. The van der Waals surface area contributed by atoms with E-state index < -0.39 is 12.1 Å². The highest BCUT2D eigenvalue weighted by atomic mass is 35.5. The summed E-state index contributed by atoms with van der Waals surface area (Å²) in [7, 11) is 1.61. The molecule has 0 saturated heterocycles. The third-order valence-electron chi connectivity index (χ3n) is 7.16. The highest BCUT2D eigenvalue weighted by molar-refractivity contribution is 6.31. The zero-order valence-electron chi connectivity index (χ0n) is 24.8. The SMILES string of the molecule is CC=O.COC(CCOc1ccc([C@H]2c3[nH]c4ccc(Cl)cc4c3CCN2C(=O)Oc2ccc(Cl)cc2)cc1)CNC(C)=O. The second-order valence-electron chi connectivity index (χ2n) is 10.1. The van der Waals surface area contributed by atoms with Crippen LogP contribution in [0.4, 0.5) is 4.79 Å². The van der Waals surface area contributed by atoms with Gasteiger partial charge in [0.1, 0.15) is 23.8 Å². The van der Waals surface area contributed by atoms with Crippen LogP contribution in [0.25, 0.3) is 10.9 Å². The maximum absolute atomic E-state index is 13.5. The standard InChI is InChI=1S/C31H31Cl2N3O5.C2H4O/c1-19(37)34-18-25(39-2)14-16-40-23-8-3-20(4-9-23)30-29-26(27-17-22(33)7-12-28(27)35-29)13-15-36(30)31(38)41-24-10-5-21(32)6-11-24;1-2-3/h3-12,17,25,30,35H,13-16,18H2,1-2H3,(H,34,37);2H,1H3/t25?,30-;/m0./s1. The maximum Gasteiger partial charge on any atom is 0.416 e. The Hall–Kier alpha value is -4.05. The summed E-state index contributed by atoms with van der Waals surface area (Å²) in [5, 5.41) is 5.04. The van der Waals surface area contributed by atoms with Gasteiger partial charge in [0, 0.05) is 60.2 Å². The average Bonchev–Trinajstić information content (AvgIpc) is 3.38. The lowest BCUT2D eigenvalue weighted by atomic mass is 9.92. The molecule has 1 aliphatic rings. The number of halogens is 2. The molecule has 0 saturated carbocycles. The fourth-order valence-corrected chi connectivity index (χ4v) is 5.38. The van der Waals surface area contributed by atoms with E-state index in [1.54, 1.807) is 36.3 Å². The third kappa shape index (κ3) is 8.31. The Bertz CT molecular complexity index is 1570. The first-order valence-corrected chi connectivity index (χ1v) is 14.9. The summed E-state index contributed by atoms with van der Waals surface area (Å²) < 4.78 is 17.1. The highest BCUT2D eigenvalue weighted by Gasteiger charge is 2.35. The minimum Gasteiger partial charge on any atom is -0.493 e. The van der Waals surface area contributed by atoms with Gasteiger partial charge in [-0.2, -0.15) is 0 Å². The number of methoxy groups -OCH3 is 1. The van der Waals surface area contributed by atoms with Gasteiger partial charge in [0.2, 0.25) is 5.91 Å². The Labute approximate surface area is 266 Å². The van der Waals surface area contributed by atoms with Gasteiger partial charge in [-0.05, 0) is 79.1 Å². The molecule has 0 bridgehead atoms. The Balaban J connectivity index is 0.00000141. The van der Waals surface area contributed by atoms with Crippen LogP contribution in [0.3, 0.4) is 0 Å². The van der Waals surface area contributed by atoms with Gasteiger partial charge in [0.25, 0.3) is 0 Å². The van der Waals surface area contributed by atoms with E-state index in [0.717, 1.165) is 34.0 Å². The Morgan fingerprint density at radius 3 is 2.36 bits per heavy atom. The summed E-state index contributed by atoms with van der Waals surface area (Å²) in [6.07, 6.45) is 1.42. The molecular formula is C33H35Cl2N3O6. The topological polar surface area (TPSA) is 110 Å². The lowest BCUT2D eigenvalue weighted by molar-refractivity contribution is -0.119. The molecule has 1 aliphatic heterocycles. The van der Waals surface area contributed by atoms with Crippen molar-refractivity contribution in [2.45, 2.75) is 38.8 Å². The molecule has 1 aromatic heterocycles. The van der Waals surface area contributed by atoms with E-state index in [2.05, 4.69) is 10.3 Å². The van der Waals surface area contributed by atoms with Gasteiger partial charge in [0.05, 0.1) is 12.7 Å². The molecule has 1 unspecified atom stereocenters. The van der Waals surface area contributed by atoms with Crippen LogP contribution in [0.15, 0.2) is 66.7 Å². The molecule has 44 heavy (non-hydrogen) atoms. The van der Waals surface area contributed by atoms with Crippen LogP contribution in [0, 0.1) is 0 Å². The quantitative estimate of drug-likeness (QED) is 0.196. The number of aromatic nitrogens is 1. The molecule has 0 fully saturated rings. The first-order valence-electron chi connectivity index (χ1n) is 14.2. The lowest BCUT2D eigenvalue weighted by Crippen LogP contribution is -2.42. The lowest BCUT2D eigenvalue weighted by Gasteiger charge is -2.35. The number of fused-ring (bicyclic) bond motifs is 3. The van der Waals surface area contributed by atoms with E-state index in [-0.39, 0.29) is 12.0 Å². The first kappa shape index (κ1) is 32.9. The van der Waals surface area contributed by atoms with E-state index in [9.17, 15) is 9.59 Å². The maximum atomic E-state index is 13.5. The summed E-state index contributed by atoms with van der Waals surface area (Å²) in [4.78, 5) is 38.7. The van der Waals surface area contributed by atoms with Crippen LogP contribution in [0.2, 0.25) is 10.0 Å². The Morgan fingerprint density at radius 1 is 1.05 bits per heavy atom. The van der Waals surface area contributed by atoms with Crippen molar-refractivity contribution in [3.63, 3.8) is 0 Å².